The van der Waals surface area contributed by atoms with E-state index < -0.39 is 11.6 Å². The molecule has 1 aromatic rings. The Labute approximate surface area is 101 Å². The van der Waals surface area contributed by atoms with Crippen LogP contribution < -0.4 is 5.32 Å². The molecule has 1 unspecified atom stereocenters. The maximum atomic E-state index is 10.6. The minimum atomic E-state index is -1.25. The molecule has 94 valence electrons. The summed E-state index contributed by atoms with van der Waals surface area (Å²) in [5.74, 6) is -1.00. The van der Waals surface area contributed by atoms with Crippen LogP contribution in [0.1, 0.15) is 24.5 Å². The number of hydrogen-bond acceptors (Lipinski definition) is 3. The van der Waals surface area contributed by atoms with Crippen molar-refractivity contribution < 1.29 is 15.0 Å². The second-order valence-corrected chi connectivity index (χ2v) is 4.69. The number of aliphatic hydroxyl groups is 1. The van der Waals surface area contributed by atoms with Crippen LogP contribution in [0.3, 0.4) is 0 Å². The van der Waals surface area contributed by atoms with E-state index in [1.165, 1.54) is 6.92 Å². The Kier molecular flexibility index (Phi) is 4.12. The Morgan fingerprint density at radius 3 is 2.35 bits per heavy atom. The van der Waals surface area contributed by atoms with Gasteiger partial charge in [-0.3, -0.25) is 4.79 Å². The monoisotopic (exact) mass is 237 g/mol. The van der Waals surface area contributed by atoms with E-state index >= 15 is 0 Å². The molecule has 0 aliphatic heterocycles. The van der Waals surface area contributed by atoms with Crippen LogP contribution in [0, 0.1) is 13.8 Å². The molecule has 0 aliphatic carbocycles. The third-order valence-corrected chi connectivity index (χ3v) is 2.66. The molecule has 0 aliphatic rings. The Morgan fingerprint density at radius 1 is 1.35 bits per heavy atom. The quantitative estimate of drug-likeness (QED) is 0.732. The smallest absolute Gasteiger partial charge is 0.306 e. The second-order valence-electron chi connectivity index (χ2n) is 4.69. The minimum absolute atomic E-state index is 0.213. The highest BCUT2D eigenvalue weighted by atomic mass is 16.4. The van der Waals surface area contributed by atoms with E-state index in [9.17, 15) is 9.90 Å². The Hall–Kier alpha value is -1.55. The summed E-state index contributed by atoms with van der Waals surface area (Å²) in [5, 5.41) is 21.7. The number of carboxylic acid groups (broad SMARTS) is 1. The maximum Gasteiger partial charge on any atom is 0.306 e. The largest absolute Gasteiger partial charge is 0.481 e. The van der Waals surface area contributed by atoms with Gasteiger partial charge in [0.05, 0.1) is 12.0 Å². The predicted octanol–water partition coefficient (Wildman–Crippen LogP) is 1.94. The van der Waals surface area contributed by atoms with Gasteiger partial charge in [0.1, 0.15) is 0 Å². The number of hydrogen-bond donors (Lipinski definition) is 3. The lowest BCUT2D eigenvalue weighted by molar-refractivity contribution is -0.141. The van der Waals surface area contributed by atoms with Crippen LogP contribution in [0.25, 0.3) is 0 Å². The SMILES string of the molecule is Cc1cccc(C)c1NCC(C)(O)CC(=O)O. The highest BCUT2D eigenvalue weighted by Crippen LogP contribution is 2.21. The Bertz CT molecular complexity index is 393. The highest BCUT2D eigenvalue weighted by Gasteiger charge is 2.24. The molecule has 0 saturated heterocycles. The van der Waals surface area contributed by atoms with Crippen molar-refractivity contribution in [2.45, 2.75) is 32.8 Å². The molecule has 1 aromatic carbocycles. The van der Waals surface area contributed by atoms with Gasteiger partial charge >= 0.3 is 5.97 Å². The number of carboxylic acids is 1. The number of aliphatic carboxylic acids is 1. The van der Waals surface area contributed by atoms with Crippen LogP contribution >= 0.6 is 0 Å². The summed E-state index contributed by atoms with van der Waals surface area (Å²) >= 11 is 0. The van der Waals surface area contributed by atoms with Crippen LogP contribution in [0.5, 0.6) is 0 Å². The Balaban J connectivity index is 2.70. The van der Waals surface area contributed by atoms with Crippen LogP contribution in [0.2, 0.25) is 0 Å². The summed E-state index contributed by atoms with van der Waals surface area (Å²) in [6, 6.07) is 5.91. The van der Waals surface area contributed by atoms with Crippen molar-refractivity contribution in [1.29, 1.82) is 0 Å². The molecule has 0 amide bonds. The normalized spacial score (nSPS) is 14.1. The topological polar surface area (TPSA) is 69.6 Å². The van der Waals surface area contributed by atoms with Gasteiger partial charge in [-0.2, -0.15) is 0 Å². The summed E-state index contributed by atoms with van der Waals surface area (Å²) in [6.07, 6.45) is -0.273. The number of anilines is 1. The molecule has 0 bridgehead atoms. The molecular weight excluding hydrogens is 218 g/mol. The number of aryl methyl sites for hydroxylation is 2. The van der Waals surface area contributed by atoms with E-state index in [1.807, 2.05) is 32.0 Å². The minimum Gasteiger partial charge on any atom is -0.481 e. The zero-order valence-corrected chi connectivity index (χ0v) is 10.4. The van der Waals surface area contributed by atoms with Crippen molar-refractivity contribution in [1.82, 2.24) is 0 Å². The summed E-state index contributed by atoms with van der Waals surface area (Å²) in [7, 11) is 0. The van der Waals surface area contributed by atoms with Crippen molar-refractivity contribution in [2.24, 2.45) is 0 Å². The van der Waals surface area contributed by atoms with Crippen molar-refractivity contribution in [3.63, 3.8) is 0 Å². The standard InChI is InChI=1S/C13H19NO3/c1-9-5-4-6-10(2)12(9)14-8-13(3,17)7-11(15)16/h4-6,14,17H,7-8H2,1-3H3,(H,15,16). The average Bonchev–Trinajstić information content (AvgIpc) is 2.14. The fourth-order valence-corrected chi connectivity index (χ4v) is 1.76. The van der Waals surface area contributed by atoms with Crippen molar-refractivity contribution in [2.75, 3.05) is 11.9 Å². The van der Waals surface area contributed by atoms with E-state index in [0.29, 0.717) is 0 Å². The molecule has 3 N–H and O–H groups in total. The zero-order chi connectivity index (χ0) is 13.1. The summed E-state index contributed by atoms with van der Waals surface area (Å²) < 4.78 is 0. The zero-order valence-electron chi connectivity index (χ0n) is 10.4. The molecule has 0 spiro atoms. The lowest BCUT2D eigenvalue weighted by atomic mass is 10.0. The van der Waals surface area contributed by atoms with Gasteiger partial charge in [-0.05, 0) is 31.9 Å². The molecule has 4 heteroatoms. The van der Waals surface area contributed by atoms with Gasteiger partial charge in [0.15, 0.2) is 0 Å². The fraction of sp³-hybridized carbons (Fsp3) is 0.462. The molecule has 17 heavy (non-hydrogen) atoms. The lowest BCUT2D eigenvalue weighted by Gasteiger charge is -2.23. The first-order valence-corrected chi connectivity index (χ1v) is 5.56. The van der Waals surface area contributed by atoms with Crippen molar-refractivity contribution >= 4 is 11.7 Å². The second kappa shape index (κ2) is 5.19. The van der Waals surface area contributed by atoms with Crippen LogP contribution in [0.4, 0.5) is 5.69 Å². The van der Waals surface area contributed by atoms with Gasteiger partial charge < -0.3 is 15.5 Å². The summed E-state index contributed by atoms with van der Waals surface area (Å²) in [6.45, 7) is 5.68. The van der Waals surface area contributed by atoms with Crippen LogP contribution in [-0.2, 0) is 4.79 Å². The molecule has 1 rings (SSSR count). The first kappa shape index (κ1) is 13.5. The third kappa shape index (κ3) is 4.07. The highest BCUT2D eigenvalue weighted by molar-refractivity contribution is 5.68. The number of para-hydroxylation sites is 1. The van der Waals surface area contributed by atoms with Gasteiger partial charge in [0, 0.05) is 12.2 Å². The van der Waals surface area contributed by atoms with Gasteiger partial charge in [0.2, 0.25) is 0 Å². The van der Waals surface area contributed by atoms with Gasteiger partial charge in [-0.25, -0.2) is 0 Å². The van der Waals surface area contributed by atoms with Crippen molar-refractivity contribution in [3.8, 4) is 0 Å². The number of nitrogens with one attached hydrogen (secondary N) is 1. The molecule has 0 radical (unpaired) electrons. The van der Waals surface area contributed by atoms with E-state index in [-0.39, 0.29) is 13.0 Å². The molecular formula is C13H19NO3. The summed E-state index contributed by atoms with van der Waals surface area (Å²) in [5.41, 5.74) is 1.87. The Morgan fingerprint density at radius 2 is 1.88 bits per heavy atom. The van der Waals surface area contributed by atoms with Crippen LogP contribution in [-0.4, -0.2) is 28.3 Å². The van der Waals surface area contributed by atoms with E-state index in [0.717, 1.165) is 16.8 Å². The maximum absolute atomic E-state index is 10.6. The molecule has 0 aromatic heterocycles. The van der Waals surface area contributed by atoms with Gasteiger partial charge in [0.25, 0.3) is 0 Å². The van der Waals surface area contributed by atoms with Gasteiger partial charge in [-0.1, -0.05) is 18.2 Å². The first-order valence-electron chi connectivity index (χ1n) is 5.56. The third-order valence-electron chi connectivity index (χ3n) is 2.66. The lowest BCUT2D eigenvalue weighted by Crippen LogP contribution is -2.36. The van der Waals surface area contributed by atoms with Crippen molar-refractivity contribution in [3.05, 3.63) is 29.3 Å². The van der Waals surface area contributed by atoms with E-state index in [4.69, 9.17) is 5.11 Å². The first-order chi connectivity index (χ1) is 7.82. The summed E-state index contributed by atoms with van der Waals surface area (Å²) in [4.78, 5) is 10.6. The number of carbonyl (C=O) groups is 1. The fourth-order valence-electron chi connectivity index (χ4n) is 1.76. The molecule has 0 fully saturated rings. The van der Waals surface area contributed by atoms with Gasteiger partial charge in [-0.15, -0.1) is 0 Å². The molecule has 0 heterocycles. The predicted molar refractivity (Wildman–Crippen MR) is 67.3 cm³/mol. The molecule has 4 nitrogen and oxygen atoms in total. The number of rotatable bonds is 5. The molecule has 0 saturated carbocycles. The number of benzene rings is 1. The van der Waals surface area contributed by atoms with Crippen LogP contribution in [0.15, 0.2) is 18.2 Å². The van der Waals surface area contributed by atoms with E-state index in [2.05, 4.69) is 5.32 Å². The van der Waals surface area contributed by atoms with E-state index in [1.54, 1.807) is 0 Å². The molecule has 1 atom stereocenters. The average molecular weight is 237 g/mol.